The molecule has 7 heteroatoms. The summed E-state index contributed by atoms with van der Waals surface area (Å²) in [5, 5.41) is 10.1. The van der Waals surface area contributed by atoms with Gasteiger partial charge in [0.1, 0.15) is 0 Å². The largest absolute Gasteiger partial charge is 0.431 e. The van der Waals surface area contributed by atoms with Gasteiger partial charge >= 0.3 is 5.97 Å². The van der Waals surface area contributed by atoms with Crippen LogP contribution >= 0.6 is 11.6 Å². The zero-order chi connectivity index (χ0) is 13.1. The van der Waals surface area contributed by atoms with Gasteiger partial charge in [0.15, 0.2) is 0 Å². The van der Waals surface area contributed by atoms with E-state index < -0.39 is 17.2 Å². The van der Waals surface area contributed by atoms with Gasteiger partial charge in [0.25, 0.3) is 5.69 Å². The Morgan fingerprint density at radius 3 is 2.61 bits per heavy atom. The van der Waals surface area contributed by atoms with Crippen molar-refractivity contribution < 1.29 is 19.2 Å². The molecule has 0 aliphatic carbocycles. The van der Waals surface area contributed by atoms with Crippen LogP contribution < -0.4 is 0 Å². The fourth-order valence-electron chi connectivity index (χ4n) is 1.54. The van der Waals surface area contributed by atoms with Crippen molar-refractivity contribution in [3.8, 4) is 0 Å². The smallest absolute Gasteiger partial charge is 0.340 e. The lowest BCUT2D eigenvalue weighted by Gasteiger charge is -2.13. The standard InChI is InChI=1S/C11H10ClNO5/c12-9-5-6-17-11(9)18-10(14)7-1-3-8(4-2-7)13(15)16/h1-4,9,11H,5-6H2. The molecule has 2 rings (SSSR count). The Balaban J connectivity index is 2.02. The van der Waals surface area contributed by atoms with Crippen molar-refractivity contribution in [2.75, 3.05) is 6.61 Å². The van der Waals surface area contributed by atoms with Crippen LogP contribution in [0.25, 0.3) is 0 Å². The van der Waals surface area contributed by atoms with Crippen molar-refractivity contribution in [3.63, 3.8) is 0 Å². The van der Waals surface area contributed by atoms with Gasteiger partial charge < -0.3 is 9.47 Å². The maximum Gasteiger partial charge on any atom is 0.340 e. The average molecular weight is 272 g/mol. The third-order valence-electron chi connectivity index (χ3n) is 2.51. The Morgan fingerprint density at radius 1 is 1.44 bits per heavy atom. The van der Waals surface area contributed by atoms with E-state index in [9.17, 15) is 14.9 Å². The molecule has 1 aromatic carbocycles. The number of hydrogen-bond acceptors (Lipinski definition) is 5. The molecule has 0 radical (unpaired) electrons. The van der Waals surface area contributed by atoms with Gasteiger partial charge in [0, 0.05) is 12.1 Å². The second kappa shape index (κ2) is 5.32. The van der Waals surface area contributed by atoms with Crippen molar-refractivity contribution in [2.24, 2.45) is 0 Å². The summed E-state index contributed by atoms with van der Waals surface area (Å²) in [5.74, 6) is -0.609. The predicted molar refractivity (Wildman–Crippen MR) is 62.5 cm³/mol. The summed E-state index contributed by atoms with van der Waals surface area (Å²) >= 11 is 5.89. The predicted octanol–water partition coefficient (Wildman–Crippen LogP) is 2.11. The number of carbonyl (C=O) groups is 1. The molecular formula is C11H10ClNO5. The summed E-state index contributed by atoms with van der Waals surface area (Å²) in [4.78, 5) is 21.6. The van der Waals surface area contributed by atoms with Gasteiger partial charge in [-0.15, -0.1) is 11.6 Å². The first-order valence-corrected chi connectivity index (χ1v) is 5.72. The van der Waals surface area contributed by atoms with Crippen LogP contribution in [-0.4, -0.2) is 29.2 Å². The zero-order valence-electron chi connectivity index (χ0n) is 9.24. The highest BCUT2D eigenvalue weighted by Crippen LogP contribution is 2.22. The van der Waals surface area contributed by atoms with Crippen LogP contribution in [0, 0.1) is 10.1 Å². The summed E-state index contributed by atoms with van der Waals surface area (Å²) < 4.78 is 10.2. The summed E-state index contributed by atoms with van der Waals surface area (Å²) in [6.07, 6.45) is -0.130. The van der Waals surface area contributed by atoms with Crippen LogP contribution in [-0.2, 0) is 9.47 Å². The molecule has 0 aromatic heterocycles. The van der Waals surface area contributed by atoms with Crippen LogP contribution in [0.3, 0.4) is 0 Å². The number of nitro groups is 1. The summed E-state index contributed by atoms with van der Waals surface area (Å²) in [6.45, 7) is 0.451. The van der Waals surface area contributed by atoms with Gasteiger partial charge in [-0.3, -0.25) is 10.1 Å². The molecule has 6 nitrogen and oxygen atoms in total. The van der Waals surface area contributed by atoms with Crippen molar-refractivity contribution in [1.29, 1.82) is 0 Å². The summed E-state index contributed by atoms with van der Waals surface area (Å²) in [7, 11) is 0. The molecule has 0 N–H and O–H groups in total. The SMILES string of the molecule is O=C(OC1OCCC1Cl)c1ccc([N+](=O)[O-])cc1. The first kappa shape index (κ1) is 12.8. The molecule has 96 valence electrons. The minimum Gasteiger partial charge on any atom is -0.431 e. The maximum atomic E-state index is 11.7. The molecule has 1 aliphatic heterocycles. The first-order chi connectivity index (χ1) is 8.58. The highest BCUT2D eigenvalue weighted by Gasteiger charge is 2.30. The Kier molecular flexibility index (Phi) is 3.78. The van der Waals surface area contributed by atoms with Crippen molar-refractivity contribution >= 4 is 23.3 Å². The van der Waals surface area contributed by atoms with Gasteiger partial charge in [-0.05, 0) is 18.6 Å². The number of halogens is 1. The van der Waals surface area contributed by atoms with E-state index in [1.54, 1.807) is 0 Å². The third kappa shape index (κ3) is 2.77. The molecular weight excluding hydrogens is 262 g/mol. The van der Waals surface area contributed by atoms with E-state index in [1.165, 1.54) is 24.3 Å². The number of benzene rings is 1. The van der Waals surface area contributed by atoms with Gasteiger partial charge in [-0.2, -0.15) is 0 Å². The van der Waals surface area contributed by atoms with Crippen LogP contribution in [0.15, 0.2) is 24.3 Å². The van der Waals surface area contributed by atoms with E-state index in [-0.39, 0.29) is 16.6 Å². The molecule has 0 bridgehead atoms. The average Bonchev–Trinajstić information content (AvgIpc) is 2.75. The number of non-ortho nitro benzene ring substituents is 1. The van der Waals surface area contributed by atoms with Crippen molar-refractivity contribution in [2.45, 2.75) is 18.1 Å². The number of esters is 1. The highest BCUT2D eigenvalue weighted by molar-refractivity contribution is 6.21. The molecule has 0 saturated carbocycles. The Morgan fingerprint density at radius 2 is 2.11 bits per heavy atom. The third-order valence-corrected chi connectivity index (χ3v) is 2.93. The van der Waals surface area contributed by atoms with E-state index >= 15 is 0 Å². The molecule has 1 saturated heterocycles. The number of nitrogens with zero attached hydrogens (tertiary/aromatic N) is 1. The second-order valence-electron chi connectivity index (χ2n) is 3.75. The molecule has 2 unspecified atom stereocenters. The lowest BCUT2D eigenvalue weighted by atomic mass is 10.2. The number of carbonyl (C=O) groups excluding carboxylic acids is 1. The number of hydrogen-bond donors (Lipinski definition) is 0. The summed E-state index contributed by atoms with van der Waals surface area (Å²) in [5.41, 5.74) is 0.138. The molecule has 1 heterocycles. The van der Waals surface area contributed by atoms with E-state index in [4.69, 9.17) is 21.1 Å². The van der Waals surface area contributed by atoms with E-state index in [1.807, 2.05) is 0 Å². The van der Waals surface area contributed by atoms with E-state index in [0.29, 0.717) is 13.0 Å². The van der Waals surface area contributed by atoms with Crippen molar-refractivity contribution in [3.05, 3.63) is 39.9 Å². The van der Waals surface area contributed by atoms with E-state index in [0.717, 1.165) is 0 Å². The number of rotatable bonds is 3. The zero-order valence-corrected chi connectivity index (χ0v) is 10.0. The quantitative estimate of drug-likeness (QED) is 0.364. The van der Waals surface area contributed by atoms with Crippen LogP contribution in [0.4, 0.5) is 5.69 Å². The Hall–Kier alpha value is -1.66. The molecule has 18 heavy (non-hydrogen) atoms. The van der Waals surface area contributed by atoms with Gasteiger partial charge in [-0.1, -0.05) is 0 Å². The van der Waals surface area contributed by atoms with Crippen LogP contribution in [0.2, 0.25) is 0 Å². The fourth-order valence-corrected chi connectivity index (χ4v) is 1.75. The fraction of sp³-hybridized carbons (Fsp3) is 0.364. The molecule has 1 aliphatic rings. The minimum absolute atomic E-state index is 0.0844. The number of nitro benzene ring substituents is 1. The number of ether oxygens (including phenoxy) is 2. The van der Waals surface area contributed by atoms with Crippen LogP contribution in [0.1, 0.15) is 16.8 Å². The van der Waals surface area contributed by atoms with E-state index in [2.05, 4.69) is 0 Å². The molecule has 1 aromatic rings. The molecule has 1 fully saturated rings. The lowest BCUT2D eigenvalue weighted by molar-refractivity contribution is -0.384. The monoisotopic (exact) mass is 271 g/mol. The Labute approximate surface area is 108 Å². The maximum absolute atomic E-state index is 11.7. The van der Waals surface area contributed by atoms with Crippen LogP contribution in [0.5, 0.6) is 0 Å². The normalized spacial score (nSPS) is 22.7. The lowest BCUT2D eigenvalue weighted by Crippen LogP contribution is -2.24. The molecule has 0 spiro atoms. The second-order valence-corrected chi connectivity index (χ2v) is 4.31. The van der Waals surface area contributed by atoms with Gasteiger partial charge in [0.2, 0.25) is 6.29 Å². The minimum atomic E-state index is -0.755. The van der Waals surface area contributed by atoms with Gasteiger partial charge in [0.05, 0.1) is 22.5 Å². The molecule has 2 atom stereocenters. The Bertz CT molecular complexity index is 461. The topological polar surface area (TPSA) is 78.7 Å². The summed E-state index contributed by atoms with van der Waals surface area (Å²) in [6, 6.07) is 5.14. The highest BCUT2D eigenvalue weighted by atomic mass is 35.5. The number of alkyl halides is 1. The van der Waals surface area contributed by atoms with Gasteiger partial charge in [-0.25, -0.2) is 4.79 Å². The van der Waals surface area contributed by atoms with Crippen molar-refractivity contribution in [1.82, 2.24) is 0 Å². The first-order valence-electron chi connectivity index (χ1n) is 5.29. The molecule has 0 amide bonds.